The molecule has 0 amide bonds. The fraction of sp³-hybridized carbons (Fsp3) is 0. The van der Waals surface area contributed by atoms with Crippen LogP contribution in [0.4, 0.5) is 0 Å². The topological polar surface area (TPSA) is 129 Å². The van der Waals surface area contributed by atoms with Crippen LogP contribution in [-0.4, -0.2) is 58.1 Å². The minimum Gasteiger partial charge on any atom is -0.324 e. The van der Waals surface area contributed by atoms with E-state index in [1.54, 1.807) is 0 Å². The first kappa shape index (κ1) is 40.8. The number of nitrogens with zero attached hydrogens (tertiary/aromatic N) is 10. The number of hydrogen-bond donors (Lipinski definition) is 2. The third-order valence-electron chi connectivity index (χ3n) is 15.3. The van der Waals surface area contributed by atoms with Crippen LogP contribution in [0.15, 0.2) is 219 Å². The van der Waals surface area contributed by atoms with Crippen LogP contribution < -0.4 is 0 Å². The van der Waals surface area contributed by atoms with E-state index in [9.17, 15) is 0 Å². The van der Waals surface area contributed by atoms with Crippen LogP contribution in [0.1, 0.15) is 0 Å². The molecule has 15 aromatic rings. The molecule has 354 valence electrons. The summed E-state index contributed by atoms with van der Waals surface area (Å²) >= 11 is 0. The van der Waals surface area contributed by atoms with Crippen LogP contribution in [0.25, 0.3) is 156 Å². The molecule has 2 N–H and O–H groups in total. The van der Waals surface area contributed by atoms with Crippen molar-refractivity contribution in [3.8, 4) is 68.3 Å². The number of para-hydroxylation sites is 4. The molecule has 76 heavy (non-hydrogen) atoms. The molecule has 9 heterocycles. The summed E-state index contributed by atoms with van der Waals surface area (Å²) in [6.07, 6.45) is 8.45. The van der Waals surface area contributed by atoms with Gasteiger partial charge >= 0.3 is 0 Å². The second-order valence-electron chi connectivity index (χ2n) is 19.5. The standard InChI is InChI=1S/C64H38N12/c1-5-13-53-37(9-1)25-29-73(53)41-17-21-45-49(33-41)61-65-57(45)70-62-51-35-43(75-31-27-39-11-3-7-15-55(39)75)19-23-47(51)59(67-62)72-64-52-36-44(76-32-28-40-12-4-8-16-56(40)76)20-24-48(52)60(68-64)71-63-50-34-42(18-22-46(50)58(66-63)69-61)74-30-26-38-10-2-6-14-54(38)74/h1-36H,(H2,65,66,67,68,69,70,71,72). The molecule has 7 aromatic heterocycles. The molecule has 8 aromatic carbocycles. The average Bonchev–Trinajstić information content (AvgIpc) is 4.37. The maximum atomic E-state index is 5.46. The minimum atomic E-state index is 0.527. The van der Waals surface area contributed by atoms with Gasteiger partial charge in [-0.3, -0.25) is 0 Å². The van der Waals surface area contributed by atoms with Gasteiger partial charge in [-0.2, -0.15) is 0 Å². The van der Waals surface area contributed by atoms with Gasteiger partial charge in [-0.05, 0) is 143 Å². The van der Waals surface area contributed by atoms with E-state index in [-0.39, 0.29) is 0 Å². The van der Waals surface area contributed by atoms with Gasteiger partial charge in [-0.25, -0.2) is 29.9 Å². The van der Waals surface area contributed by atoms with Gasteiger partial charge in [0.1, 0.15) is 22.6 Å². The lowest BCUT2D eigenvalue weighted by Gasteiger charge is -2.08. The lowest BCUT2D eigenvalue weighted by Crippen LogP contribution is -1.93. The van der Waals surface area contributed by atoms with E-state index in [0.29, 0.717) is 45.9 Å². The Labute approximate surface area is 431 Å². The number of aromatic amines is 2. The Morgan fingerprint density at radius 1 is 0.250 bits per heavy atom. The molecule has 0 aliphatic carbocycles. The third-order valence-corrected chi connectivity index (χ3v) is 15.3. The SMILES string of the molecule is c1ccc2c(c1)ccn2-c1ccc2c(c1)-c1nc-2nc2[nH]c(nc3nc(nc4[nH]c(n1)c1ccc(-n5ccc6ccccc65)cc41)-c1ccc(-n4ccc5ccccc54)cc1-3)c1ccc(-n3ccc4ccccc43)cc21. The van der Waals surface area contributed by atoms with Crippen LogP contribution in [0.2, 0.25) is 0 Å². The van der Waals surface area contributed by atoms with Crippen molar-refractivity contribution in [3.63, 3.8) is 0 Å². The second kappa shape index (κ2) is 15.4. The molecule has 0 atom stereocenters. The zero-order valence-electron chi connectivity index (χ0n) is 40.3. The number of benzene rings is 8. The highest BCUT2D eigenvalue weighted by Gasteiger charge is 2.25. The summed E-state index contributed by atoms with van der Waals surface area (Å²) < 4.78 is 8.84. The maximum absolute atomic E-state index is 5.46. The van der Waals surface area contributed by atoms with Crippen molar-refractivity contribution in [1.29, 1.82) is 0 Å². The van der Waals surface area contributed by atoms with Gasteiger partial charge in [0, 0.05) is 91.3 Å². The van der Waals surface area contributed by atoms with Crippen LogP contribution in [0, 0.1) is 0 Å². The second-order valence-corrected chi connectivity index (χ2v) is 19.5. The average molecular weight is 975 g/mol. The number of rotatable bonds is 4. The largest absolute Gasteiger partial charge is 0.324 e. The Hall–Kier alpha value is -10.7. The molecule has 12 nitrogen and oxygen atoms in total. The number of H-pyrrole nitrogens is 2. The van der Waals surface area contributed by atoms with E-state index in [1.165, 1.54) is 0 Å². The molecule has 0 spiro atoms. The van der Waals surface area contributed by atoms with Gasteiger partial charge in [-0.15, -0.1) is 0 Å². The monoisotopic (exact) mass is 974 g/mol. The third kappa shape index (κ3) is 6.06. The first-order valence-electron chi connectivity index (χ1n) is 25.3. The molecule has 8 bridgehead atoms. The zero-order chi connectivity index (χ0) is 49.6. The van der Waals surface area contributed by atoms with Gasteiger partial charge in [0.05, 0.1) is 22.1 Å². The number of aromatic nitrogens is 12. The predicted octanol–water partition coefficient (Wildman–Crippen LogP) is 14.6. The Balaban J connectivity index is 0.972. The van der Waals surface area contributed by atoms with Crippen molar-refractivity contribution >= 4 is 87.7 Å². The molecule has 2 aliphatic rings. The molecule has 0 radical (unpaired) electrons. The molecule has 0 saturated heterocycles. The molecular formula is C64H38N12. The Morgan fingerprint density at radius 3 is 0.921 bits per heavy atom. The quantitative estimate of drug-likeness (QED) is 0.181. The molecular weight excluding hydrogens is 937 g/mol. The normalized spacial score (nSPS) is 12.2. The van der Waals surface area contributed by atoms with Crippen LogP contribution in [0.3, 0.4) is 0 Å². The van der Waals surface area contributed by atoms with Crippen LogP contribution >= 0.6 is 0 Å². The van der Waals surface area contributed by atoms with E-state index in [1.807, 2.05) is 0 Å². The lowest BCUT2D eigenvalue weighted by atomic mass is 10.1. The molecule has 0 unspecified atom stereocenters. The highest BCUT2D eigenvalue weighted by Crippen LogP contribution is 2.40. The summed E-state index contributed by atoms with van der Waals surface area (Å²) in [4.78, 5) is 39.9. The van der Waals surface area contributed by atoms with Gasteiger partial charge in [0.2, 0.25) is 0 Å². The lowest BCUT2D eigenvalue weighted by molar-refractivity contribution is 1.13. The summed E-state index contributed by atoms with van der Waals surface area (Å²) in [5, 5.41) is 8.17. The van der Waals surface area contributed by atoms with Crippen molar-refractivity contribution in [1.82, 2.24) is 58.1 Å². The van der Waals surface area contributed by atoms with E-state index in [2.05, 4.69) is 247 Å². The van der Waals surface area contributed by atoms with Crippen LogP contribution in [-0.2, 0) is 0 Å². The summed E-state index contributed by atoms with van der Waals surface area (Å²) in [6.45, 7) is 0. The Bertz CT molecular complexity index is 4830. The van der Waals surface area contributed by atoms with Crippen molar-refractivity contribution < 1.29 is 0 Å². The summed E-state index contributed by atoms with van der Waals surface area (Å²) in [6, 6.07) is 67.9. The van der Waals surface area contributed by atoms with Crippen molar-refractivity contribution in [3.05, 3.63) is 219 Å². The van der Waals surface area contributed by atoms with Crippen molar-refractivity contribution in [2.24, 2.45) is 0 Å². The molecule has 0 saturated carbocycles. The Kier molecular flexibility index (Phi) is 8.27. The van der Waals surface area contributed by atoms with Crippen molar-refractivity contribution in [2.45, 2.75) is 0 Å². The predicted molar refractivity (Wildman–Crippen MR) is 303 cm³/mol. The zero-order valence-corrected chi connectivity index (χ0v) is 40.3. The van der Waals surface area contributed by atoms with Crippen LogP contribution in [0.5, 0.6) is 0 Å². The highest BCUT2D eigenvalue weighted by atomic mass is 15.1. The number of fused-ring (bicyclic) bond motifs is 24. The fourth-order valence-corrected chi connectivity index (χ4v) is 11.6. The van der Waals surface area contributed by atoms with Crippen molar-refractivity contribution in [2.75, 3.05) is 0 Å². The highest BCUT2D eigenvalue weighted by molar-refractivity contribution is 6.08. The first-order chi connectivity index (χ1) is 37.6. The summed E-state index contributed by atoms with van der Waals surface area (Å²) in [7, 11) is 0. The summed E-state index contributed by atoms with van der Waals surface area (Å²) in [5.41, 5.74) is 14.3. The number of nitrogens with one attached hydrogen (secondary N) is 2. The van der Waals surface area contributed by atoms with Gasteiger partial charge in [-0.1, -0.05) is 72.8 Å². The van der Waals surface area contributed by atoms with E-state index < -0.39 is 0 Å². The maximum Gasteiger partial charge on any atom is 0.164 e. The van der Waals surface area contributed by atoms with E-state index >= 15 is 0 Å². The van der Waals surface area contributed by atoms with Gasteiger partial charge in [0.15, 0.2) is 23.3 Å². The van der Waals surface area contributed by atoms with E-state index in [0.717, 1.165) is 110 Å². The Morgan fingerprint density at radius 2 is 0.553 bits per heavy atom. The fourth-order valence-electron chi connectivity index (χ4n) is 11.6. The number of hydrogen-bond acceptors (Lipinski definition) is 6. The molecule has 0 fully saturated rings. The molecule has 17 rings (SSSR count). The minimum absolute atomic E-state index is 0.527. The molecule has 2 aliphatic heterocycles. The first-order valence-corrected chi connectivity index (χ1v) is 25.3. The summed E-state index contributed by atoms with van der Waals surface area (Å²) in [5.74, 6) is 2.11. The van der Waals surface area contributed by atoms with Gasteiger partial charge in [0.25, 0.3) is 0 Å². The smallest absolute Gasteiger partial charge is 0.164 e. The van der Waals surface area contributed by atoms with Gasteiger partial charge < -0.3 is 28.2 Å². The van der Waals surface area contributed by atoms with E-state index in [4.69, 9.17) is 29.9 Å². The molecule has 12 heteroatoms.